The van der Waals surface area contributed by atoms with E-state index in [-0.39, 0.29) is 0 Å². The van der Waals surface area contributed by atoms with Gasteiger partial charge in [0.2, 0.25) is 5.95 Å². The highest BCUT2D eigenvalue weighted by Crippen LogP contribution is 2.09. The molecule has 3 aromatic rings. The second kappa shape index (κ2) is 5.33. The summed E-state index contributed by atoms with van der Waals surface area (Å²) in [6, 6.07) is 14.6. The van der Waals surface area contributed by atoms with Crippen LogP contribution in [0.4, 0.5) is 5.95 Å². The van der Waals surface area contributed by atoms with E-state index in [0.717, 1.165) is 24.3 Å². The van der Waals surface area contributed by atoms with Gasteiger partial charge in [-0.3, -0.25) is 0 Å². The minimum Gasteiger partial charge on any atom is -0.353 e. The third kappa shape index (κ3) is 2.64. The second-order valence-electron chi connectivity index (χ2n) is 5.04. The molecule has 0 aliphatic heterocycles. The zero-order valence-corrected chi connectivity index (χ0v) is 11.8. The van der Waals surface area contributed by atoms with Gasteiger partial charge in [0.15, 0.2) is 5.65 Å². The van der Waals surface area contributed by atoms with Crippen LogP contribution < -0.4 is 5.32 Å². The highest BCUT2D eigenvalue weighted by molar-refractivity contribution is 5.44. The average molecular weight is 266 g/mol. The Hall–Kier alpha value is -2.36. The summed E-state index contributed by atoms with van der Waals surface area (Å²) in [6.07, 6.45) is 0.968. The van der Waals surface area contributed by atoms with Crippen LogP contribution in [0.2, 0.25) is 0 Å². The molecule has 0 fully saturated rings. The highest BCUT2D eigenvalue weighted by atomic mass is 15.3. The van der Waals surface area contributed by atoms with Crippen molar-refractivity contribution in [3.05, 3.63) is 59.3 Å². The lowest BCUT2D eigenvalue weighted by molar-refractivity contribution is 0.904. The van der Waals surface area contributed by atoms with Gasteiger partial charge in [0, 0.05) is 12.2 Å². The van der Waals surface area contributed by atoms with Gasteiger partial charge in [0.25, 0.3) is 0 Å². The molecule has 0 saturated heterocycles. The van der Waals surface area contributed by atoms with E-state index in [2.05, 4.69) is 46.6 Å². The lowest BCUT2D eigenvalue weighted by Gasteiger charge is -2.03. The molecule has 20 heavy (non-hydrogen) atoms. The van der Waals surface area contributed by atoms with Crippen molar-refractivity contribution in [2.75, 3.05) is 11.9 Å². The fraction of sp³-hybridized carbons (Fsp3) is 0.250. The first-order valence-electron chi connectivity index (χ1n) is 6.84. The quantitative estimate of drug-likeness (QED) is 0.789. The van der Waals surface area contributed by atoms with Crippen molar-refractivity contribution in [3.63, 3.8) is 0 Å². The lowest BCUT2D eigenvalue weighted by Crippen LogP contribution is -2.06. The Morgan fingerprint density at radius 1 is 1.10 bits per heavy atom. The molecule has 4 heteroatoms. The summed E-state index contributed by atoms with van der Waals surface area (Å²) in [5, 5.41) is 7.74. The van der Waals surface area contributed by atoms with E-state index >= 15 is 0 Å². The molecule has 0 aliphatic rings. The van der Waals surface area contributed by atoms with E-state index in [9.17, 15) is 0 Å². The SMILES string of the molecule is Cc1cccc(CCNc2nc3cccc(C)n3n2)c1. The summed E-state index contributed by atoms with van der Waals surface area (Å²) in [5.41, 5.74) is 4.59. The molecular formula is C16H18N4. The Morgan fingerprint density at radius 3 is 2.75 bits per heavy atom. The minimum absolute atomic E-state index is 0.687. The lowest BCUT2D eigenvalue weighted by atomic mass is 10.1. The molecule has 1 N–H and O–H groups in total. The van der Waals surface area contributed by atoms with E-state index in [1.165, 1.54) is 11.1 Å². The predicted molar refractivity (Wildman–Crippen MR) is 81.1 cm³/mol. The van der Waals surface area contributed by atoms with Gasteiger partial charge in [-0.2, -0.15) is 4.98 Å². The molecule has 4 nitrogen and oxygen atoms in total. The number of rotatable bonds is 4. The summed E-state index contributed by atoms with van der Waals surface area (Å²) in [5.74, 6) is 0.687. The van der Waals surface area contributed by atoms with E-state index in [1.807, 2.05) is 29.6 Å². The third-order valence-electron chi connectivity index (χ3n) is 3.33. The van der Waals surface area contributed by atoms with Crippen LogP contribution >= 0.6 is 0 Å². The van der Waals surface area contributed by atoms with E-state index in [4.69, 9.17) is 0 Å². The Bertz CT molecular complexity index is 730. The molecule has 1 aromatic carbocycles. The first-order valence-corrected chi connectivity index (χ1v) is 6.84. The molecule has 0 bridgehead atoms. The van der Waals surface area contributed by atoms with E-state index in [0.29, 0.717) is 5.95 Å². The van der Waals surface area contributed by atoms with Crippen molar-refractivity contribution in [1.82, 2.24) is 14.6 Å². The highest BCUT2D eigenvalue weighted by Gasteiger charge is 2.04. The van der Waals surface area contributed by atoms with Gasteiger partial charge in [-0.15, -0.1) is 5.10 Å². The molecule has 0 amide bonds. The van der Waals surface area contributed by atoms with Crippen LogP contribution in [0.15, 0.2) is 42.5 Å². The van der Waals surface area contributed by atoms with Crippen LogP contribution in [0, 0.1) is 13.8 Å². The van der Waals surface area contributed by atoms with Crippen molar-refractivity contribution in [1.29, 1.82) is 0 Å². The number of hydrogen-bond donors (Lipinski definition) is 1. The molecule has 2 aromatic heterocycles. The molecule has 0 unspecified atom stereocenters. The van der Waals surface area contributed by atoms with Crippen molar-refractivity contribution < 1.29 is 0 Å². The number of nitrogens with one attached hydrogen (secondary N) is 1. The average Bonchev–Trinajstić information content (AvgIpc) is 2.83. The second-order valence-corrected chi connectivity index (χ2v) is 5.04. The van der Waals surface area contributed by atoms with Gasteiger partial charge >= 0.3 is 0 Å². The Kier molecular flexibility index (Phi) is 3.37. The van der Waals surface area contributed by atoms with Gasteiger partial charge in [0.1, 0.15) is 0 Å². The molecule has 0 spiro atoms. The third-order valence-corrected chi connectivity index (χ3v) is 3.33. The monoisotopic (exact) mass is 266 g/mol. The largest absolute Gasteiger partial charge is 0.353 e. The molecular weight excluding hydrogens is 248 g/mol. The van der Waals surface area contributed by atoms with Crippen LogP contribution in [-0.2, 0) is 6.42 Å². The predicted octanol–water partition coefficient (Wildman–Crippen LogP) is 3.00. The molecule has 2 heterocycles. The van der Waals surface area contributed by atoms with Crippen LogP contribution in [0.3, 0.4) is 0 Å². The smallest absolute Gasteiger partial charge is 0.243 e. The first-order chi connectivity index (χ1) is 9.72. The zero-order chi connectivity index (χ0) is 13.9. The number of anilines is 1. The first kappa shape index (κ1) is 12.7. The van der Waals surface area contributed by atoms with Crippen LogP contribution in [0.25, 0.3) is 5.65 Å². The van der Waals surface area contributed by atoms with Gasteiger partial charge in [-0.1, -0.05) is 35.9 Å². The van der Waals surface area contributed by atoms with Crippen LogP contribution in [0.5, 0.6) is 0 Å². The molecule has 3 rings (SSSR count). The minimum atomic E-state index is 0.687. The Balaban J connectivity index is 1.67. The molecule has 0 atom stereocenters. The Labute approximate surface area is 118 Å². The maximum absolute atomic E-state index is 4.46. The van der Waals surface area contributed by atoms with Gasteiger partial charge < -0.3 is 5.32 Å². The van der Waals surface area contributed by atoms with Crippen molar-refractivity contribution in [3.8, 4) is 0 Å². The zero-order valence-electron chi connectivity index (χ0n) is 11.8. The number of fused-ring (bicyclic) bond motifs is 1. The summed E-state index contributed by atoms with van der Waals surface area (Å²) in [6.45, 7) is 4.97. The number of hydrogen-bond acceptors (Lipinski definition) is 3. The van der Waals surface area contributed by atoms with Gasteiger partial charge in [-0.25, -0.2) is 4.52 Å². The number of aromatic nitrogens is 3. The molecule has 0 saturated carbocycles. The Morgan fingerprint density at radius 2 is 1.95 bits per heavy atom. The number of nitrogens with zero attached hydrogens (tertiary/aromatic N) is 3. The van der Waals surface area contributed by atoms with E-state index in [1.54, 1.807) is 0 Å². The summed E-state index contributed by atoms with van der Waals surface area (Å²) in [7, 11) is 0. The van der Waals surface area contributed by atoms with Crippen molar-refractivity contribution in [2.45, 2.75) is 20.3 Å². The number of aryl methyl sites for hydroxylation is 2. The fourth-order valence-electron chi connectivity index (χ4n) is 2.30. The van der Waals surface area contributed by atoms with Gasteiger partial charge in [0.05, 0.1) is 0 Å². The topological polar surface area (TPSA) is 42.2 Å². The molecule has 0 radical (unpaired) electrons. The summed E-state index contributed by atoms with van der Waals surface area (Å²) in [4.78, 5) is 4.46. The maximum atomic E-state index is 4.46. The standard InChI is InChI=1S/C16H18N4/c1-12-5-3-7-14(11-12)9-10-17-16-18-15-8-4-6-13(2)20(15)19-16/h3-8,11H,9-10H2,1-2H3,(H,17,19). The fourth-order valence-corrected chi connectivity index (χ4v) is 2.30. The number of benzene rings is 1. The van der Waals surface area contributed by atoms with Crippen molar-refractivity contribution >= 4 is 11.6 Å². The van der Waals surface area contributed by atoms with Gasteiger partial charge in [-0.05, 0) is 38.0 Å². The summed E-state index contributed by atoms with van der Waals surface area (Å²) < 4.78 is 1.86. The van der Waals surface area contributed by atoms with Crippen LogP contribution in [0.1, 0.15) is 16.8 Å². The molecule has 102 valence electrons. The summed E-state index contributed by atoms with van der Waals surface area (Å²) >= 11 is 0. The number of pyridine rings is 1. The maximum Gasteiger partial charge on any atom is 0.243 e. The van der Waals surface area contributed by atoms with Crippen LogP contribution in [-0.4, -0.2) is 21.1 Å². The van der Waals surface area contributed by atoms with E-state index < -0.39 is 0 Å². The van der Waals surface area contributed by atoms with Crippen molar-refractivity contribution in [2.24, 2.45) is 0 Å². The normalized spacial score (nSPS) is 10.9. The molecule has 0 aliphatic carbocycles.